The van der Waals surface area contributed by atoms with Crippen LogP contribution >= 0.6 is 0 Å². The van der Waals surface area contributed by atoms with Gasteiger partial charge in [0, 0.05) is 12.1 Å². The van der Waals surface area contributed by atoms with Crippen LogP contribution in [0.1, 0.15) is 59.3 Å². The maximum atomic E-state index is 9.21. The average molecular weight is 213 g/mol. The fourth-order valence-corrected chi connectivity index (χ4v) is 3.06. The molecule has 0 bridgehead atoms. The Hall–Kier alpha value is -0.0800. The normalized spacial score (nSPS) is 30.4. The number of hydrogen-bond donors (Lipinski definition) is 2. The first-order chi connectivity index (χ1) is 7.04. The van der Waals surface area contributed by atoms with Crippen LogP contribution in [0.25, 0.3) is 0 Å². The molecule has 0 radical (unpaired) electrons. The summed E-state index contributed by atoms with van der Waals surface area (Å²) in [7, 11) is 0. The van der Waals surface area contributed by atoms with Gasteiger partial charge in [-0.1, -0.05) is 27.2 Å². The van der Waals surface area contributed by atoms with Gasteiger partial charge in [0.25, 0.3) is 0 Å². The standard InChI is InChI=1S/C13H27NO/c1-4-9-14-13(8-10-15)7-5-6-12(2,3)11-13/h14-15H,4-11H2,1-3H3. The number of nitrogens with one attached hydrogen (secondary N) is 1. The van der Waals surface area contributed by atoms with Crippen LogP contribution in [-0.4, -0.2) is 23.8 Å². The fourth-order valence-electron chi connectivity index (χ4n) is 3.06. The van der Waals surface area contributed by atoms with Crippen molar-refractivity contribution in [1.82, 2.24) is 5.32 Å². The summed E-state index contributed by atoms with van der Waals surface area (Å²) in [5, 5.41) is 12.9. The van der Waals surface area contributed by atoms with Crippen LogP contribution in [0, 0.1) is 5.41 Å². The number of aliphatic hydroxyl groups excluding tert-OH is 1. The molecule has 2 heteroatoms. The van der Waals surface area contributed by atoms with Crippen molar-refractivity contribution < 1.29 is 5.11 Å². The highest BCUT2D eigenvalue weighted by Crippen LogP contribution is 2.42. The lowest BCUT2D eigenvalue weighted by atomic mass is 9.67. The van der Waals surface area contributed by atoms with Gasteiger partial charge in [-0.05, 0) is 44.1 Å². The summed E-state index contributed by atoms with van der Waals surface area (Å²) in [5.74, 6) is 0. The zero-order valence-electron chi connectivity index (χ0n) is 10.6. The zero-order chi connectivity index (χ0) is 11.4. The quantitative estimate of drug-likeness (QED) is 0.736. The number of rotatable bonds is 5. The molecular formula is C13H27NO. The van der Waals surface area contributed by atoms with E-state index in [2.05, 4.69) is 26.1 Å². The molecule has 0 aliphatic heterocycles. The van der Waals surface area contributed by atoms with Gasteiger partial charge in [0.2, 0.25) is 0 Å². The van der Waals surface area contributed by atoms with Crippen molar-refractivity contribution in [2.45, 2.75) is 64.8 Å². The number of hydrogen-bond acceptors (Lipinski definition) is 2. The Labute approximate surface area is 94.5 Å². The first-order valence-electron chi connectivity index (χ1n) is 6.39. The Kier molecular flexibility index (Phi) is 4.60. The van der Waals surface area contributed by atoms with Crippen LogP contribution in [0.2, 0.25) is 0 Å². The molecule has 1 aliphatic rings. The molecular weight excluding hydrogens is 186 g/mol. The topological polar surface area (TPSA) is 32.3 Å². The summed E-state index contributed by atoms with van der Waals surface area (Å²) in [6, 6.07) is 0. The van der Waals surface area contributed by atoms with Crippen LogP contribution in [0.15, 0.2) is 0 Å². The molecule has 1 unspecified atom stereocenters. The maximum absolute atomic E-state index is 9.21. The van der Waals surface area contributed by atoms with E-state index in [1.54, 1.807) is 0 Å². The van der Waals surface area contributed by atoms with Gasteiger partial charge in [0.1, 0.15) is 0 Å². The van der Waals surface area contributed by atoms with E-state index in [4.69, 9.17) is 0 Å². The van der Waals surface area contributed by atoms with Gasteiger partial charge in [0.15, 0.2) is 0 Å². The van der Waals surface area contributed by atoms with Crippen molar-refractivity contribution >= 4 is 0 Å². The molecule has 1 atom stereocenters. The molecule has 0 amide bonds. The lowest BCUT2D eigenvalue weighted by molar-refractivity contribution is 0.0926. The summed E-state index contributed by atoms with van der Waals surface area (Å²) >= 11 is 0. The van der Waals surface area contributed by atoms with E-state index >= 15 is 0 Å². The first kappa shape index (κ1) is 13.0. The molecule has 0 aromatic carbocycles. The molecule has 1 rings (SSSR count). The van der Waals surface area contributed by atoms with Crippen molar-refractivity contribution in [3.63, 3.8) is 0 Å². The van der Waals surface area contributed by atoms with Gasteiger partial charge in [0.05, 0.1) is 0 Å². The molecule has 15 heavy (non-hydrogen) atoms. The Morgan fingerprint density at radius 1 is 1.27 bits per heavy atom. The smallest absolute Gasteiger partial charge is 0.0448 e. The molecule has 0 aromatic heterocycles. The van der Waals surface area contributed by atoms with Gasteiger partial charge in [-0.15, -0.1) is 0 Å². The summed E-state index contributed by atoms with van der Waals surface area (Å²) < 4.78 is 0. The lowest BCUT2D eigenvalue weighted by Crippen LogP contribution is -2.51. The van der Waals surface area contributed by atoms with Gasteiger partial charge in [-0.2, -0.15) is 0 Å². The second kappa shape index (κ2) is 5.31. The van der Waals surface area contributed by atoms with Crippen molar-refractivity contribution in [3.8, 4) is 0 Å². The molecule has 0 heterocycles. The first-order valence-corrected chi connectivity index (χ1v) is 6.39. The third-order valence-electron chi connectivity index (χ3n) is 3.67. The molecule has 1 aliphatic carbocycles. The third kappa shape index (κ3) is 3.76. The van der Waals surface area contributed by atoms with Gasteiger partial charge < -0.3 is 10.4 Å². The van der Waals surface area contributed by atoms with E-state index in [0.29, 0.717) is 12.0 Å². The lowest BCUT2D eigenvalue weighted by Gasteiger charge is -2.45. The van der Waals surface area contributed by atoms with Gasteiger partial charge in [-0.25, -0.2) is 0 Å². The van der Waals surface area contributed by atoms with Crippen molar-refractivity contribution in [2.24, 2.45) is 5.41 Å². The zero-order valence-corrected chi connectivity index (χ0v) is 10.6. The molecule has 0 saturated heterocycles. The summed E-state index contributed by atoms with van der Waals surface area (Å²) in [6.45, 7) is 8.30. The minimum absolute atomic E-state index is 0.215. The summed E-state index contributed by atoms with van der Waals surface area (Å²) in [5.41, 5.74) is 0.653. The number of aliphatic hydroxyl groups is 1. The van der Waals surface area contributed by atoms with E-state index in [0.717, 1.165) is 13.0 Å². The van der Waals surface area contributed by atoms with Crippen LogP contribution in [0.4, 0.5) is 0 Å². The van der Waals surface area contributed by atoms with E-state index in [1.807, 2.05) is 0 Å². The second-order valence-electron chi connectivity index (χ2n) is 5.88. The molecule has 2 nitrogen and oxygen atoms in total. The minimum atomic E-state index is 0.215. The van der Waals surface area contributed by atoms with Crippen LogP contribution in [0.3, 0.4) is 0 Å². The average Bonchev–Trinajstić information content (AvgIpc) is 2.14. The predicted octanol–water partition coefficient (Wildman–Crippen LogP) is 2.71. The Morgan fingerprint density at radius 2 is 2.00 bits per heavy atom. The van der Waals surface area contributed by atoms with Crippen molar-refractivity contribution in [1.29, 1.82) is 0 Å². The summed E-state index contributed by atoms with van der Waals surface area (Å²) in [6.07, 6.45) is 7.15. The molecule has 0 spiro atoms. The van der Waals surface area contributed by atoms with Gasteiger partial charge in [-0.3, -0.25) is 0 Å². The molecule has 0 aromatic rings. The van der Waals surface area contributed by atoms with Crippen LogP contribution < -0.4 is 5.32 Å². The molecule has 1 fully saturated rings. The molecule has 2 N–H and O–H groups in total. The van der Waals surface area contributed by atoms with E-state index in [1.165, 1.54) is 32.1 Å². The predicted molar refractivity (Wildman–Crippen MR) is 65.0 cm³/mol. The van der Waals surface area contributed by atoms with E-state index < -0.39 is 0 Å². The monoisotopic (exact) mass is 213 g/mol. The maximum Gasteiger partial charge on any atom is 0.0448 e. The highest BCUT2D eigenvalue weighted by atomic mass is 16.3. The SMILES string of the molecule is CCCNC1(CCO)CCCC(C)(C)C1. The van der Waals surface area contributed by atoms with E-state index in [-0.39, 0.29) is 5.54 Å². The highest BCUT2D eigenvalue weighted by Gasteiger charge is 2.38. The molecule has 1 saturated carbocycles. The third-order valence-corrected chi connectivity index (χ3v) is 3.67. The Balaban J connectivity index is 2.62. The largest absolute Gasteiger partial charge is 0.396 e. The second-order valence-corrected chi connectivity index (χ2v) is 5.88. The summed E-state index contributed by atoms with van der Waals surface area (Å²) in [4.78, 5) is 0. The van der Waals surface area contributed by atoms with Crippen molar-refractivity contribution in [3.05, 3.63) is 0 Å². The van der Waals surface area contributed by atoms with Crippen molar-refractivity contribution in [2.75, 3.05) is 13.2 Å². The minimum Gasteiger partial charge on any atom is -0.396 e. The van der Waals surface area contributed by atoms with E-state index in [9.17, 15) is 5.11 Å². The Bertz CT molecular complexity index is 187. The molecule has 90 valence electrons. The Morgan fingerprint density at radius 3 is 2.53 bits per heavy atom. The highest BCUT2D eigenvalue weighted by molar-refractivity contribution is 4.96. The fraction of sp³-hybridized carbons (Fsp3) is 1.00. The van der Waals surface area contributed by atoms with Gasteiger partial charge >= 0.3 is 0 Å². The van der Waals surface area contributed by atoms with Crippen LogP contribution in [-0.2, 0) is 0 Å². The van der Waals surface area contributed by atoms with Crippen LogP contribution in [0.5, 0.6) is 0 Å².